The van der Waals surface area contributed by atoms with Crippen molar-refractivity contribution < 1.29 is 4.79 Å². The molecule has 1 aromatic rings. The van der Waals surface area contributed by atoms with E-state index >= 15 is 0 Å². The van der Waals surface area contributed by atoms with Gasteiger partial charge in [0.1, 0.15) is 11.6 Å². The Bertz CT molecular complexity index is 609. The molecule has 4 aliphatic rings. The van der Waals surface area contributed by atoms with Gasteiger partial charge in [-0.15, -0.1) is 0 Å². The first kappa shape index (κ1) is 16.0. The number of anilines is 2. The van der Waals surface area contributed by atoms with Crippen LogP contribution in [0.2, 0.25) is 0 Å². The summed E-state index contributed by atoms with van der Waals surface area (Å²) in [5.74, 6) is 3.19. The van der Waals surface area contributed by atoms with E-state index in [0.717, 1.165) is 37.0 Å². The molecule has 4 bridgehead atoms. The van der Waals surface area contributed by atoms with Crippen molar-refractivity contribution in [1.29, 1.82) is 0 Å². The van der Waals surface area contributed by atoms with Crippen molar-refractivity contribution in [2.75, 3.05) is 11.5 Å². The van der Waals surface area contributed by atoms with Crippen molar-refractivity contribution in [1.82, 2.24) is 15.3 Å². The van der Waals surface area contributed by atoms with Gasteiger partial charge in [0.15, 0.2) is 5.16 Å². The number of carbonyl (C=O) groups excluding carboxylic acids is 1. The van der Waals surface area contributed by atoms with E-state index in [4.69, 9.17) is 11.5 Å². The zero-order valence-corrected chi connectivity index (χ0v) is 14.8. The molecule has 0 aromatic carbocycles. The van der Waals surface area contributed by atoms with Gasteiger partial charge in [-0.1, -0.05) is 11.8 Å². The summed E-state index contributed by atoms with van der Waals surface area (Å²) in [6.07, 6.45) is 7.58. The summed E-state index contributed by atoms with van der Waals surface area (Å²) in [6, 6.07) is 1.52. The fraction of sp³-hybridized carbons (Fsp3) is 0.706. The molecule has 7 heteroatoms. The Morgan fingerprint density at radius 2 is 1.67 bits per heavy atom. The Morgan fingerprint density at radius 3 is 2.17 bits per heavy atom. The van der Waals surface area contributed by atoms with Gasteiger partial charge in [-0.2, -0.15) is 0 Å². The monoisotopic (exact) mass is 347 g/mol. The Balaban J connectivity index is 1.42. The summed E-state index contributed by atoms with van der Waals surface area (Å²) in [5, 5.41) is 3.59. The van der Waals surface area contributed by atoms with Crippen molar-refractivity contribution in [3.05, 3.63) is 6.07 Å². The van der Waals surface area contributed by atoms with Crippen molar-refractivity contribution in [2.45, 2.75) is 61.4 Å². The van der Waals surface area contributed by atoms with Gasteiger partial charge in [0, 0.05) is 11.6 Å². The highest BCUT2D eigenvalue weighted by Gasteiger charge is 2.51. The predicted molar refractivity (Wildman–Crippen MR) is 95.2 cm³/mol. The first-order valence-electron chi connectivity index (χ1n) is 8.79. The maximum absolute atomic E-state index is 12.8. The van der Waals surface area contributed by atoms with Gasteiger partial charge in [-0.25, -0.2) is 9.97 Å². The third-order valence-corrected chi connectivity index (χ3v) is 6.78. The summed E-state index contributed by atoms with van der Waals surface area (Å²) in [5.41, 5.74) is 11.4. The van der Waals surface area contributed by atoms with Crippen molar-refractivity contribution in [3.8, 4) is 0 Å². The molecule has 0 aliphatic heterocycles. The fourth-order valence-electron chi connectivity index (χ4n) is 5.35. The van der Waals surface area contributed by atoms with Gasteiger partial charge in [-0.05, 0) is 63.2 Å². The second-order valence-corrected chi connectivity index (χ2v) is 9.26. The second kappa shape index (κ2) is 5.79. The van der Waals surface area contributed by atoms with Crippen LogP contribution in [0.25, 0.3) is 0 Å². The van der Waals surface area contributed by atoms with Crippen molar-refractivity contribution in [2.24, 2.45) is 17.8 Å². The summed E-state index contributed by atoms with van der Waals surface area (Å²) in [7, 11) is 0. The molecule has 0 radical (unpaired) electrons. The lowest BCUT2D eigenvalue weighted by Gasteiger charge is -2.57. The molecule has 5 rings (SSSR count). The molecule has 0 spiro atoms. The van der Waals surface area contributed by atoms with Crippen LogP contribution in [0.1, 0.15) is 45.4 Å². The SMILES string of the molecule is C[C@H](Sc1nc(N)cc(N)n1)C(=O)NC12CC3CC(CC(C3)C1)C2. The van der Waals surface area contributed by atoms with Crippen LogP contribution < -0.4 is 16.8 Å². The van der Waals surface area contributed by atoms with Crippen molar-refractivity contribution >= 4 is 29.3 Å². The first-order chi connectivity index (χ1) is 11.4. The van der Waals surface area contributed by atoms with Crippen LogP contribution in [0, 0.1) is 17.8 Å². The van der Waals surface area contributed by atoms with E-state index in [0.29, 0.717) is 16.8 Å². The minimum absolute atomic E-state index is 0.0380. The third kappa shape index (κ3) is 3.06. The summed E-state index contributed by atoms with van der Waals surface area (Å²) in [6.45, 7) is 1.89. The Labute approximate surface area is 146 Å². The van der Waals surface area contributed by atoms with Crippen LogP contribution in [0.4, 0.5) is 11.6 Å². The Kier molecular flexibility index (Phi) is 3.86. The van der Waals surface area contributed by atoms with Crippen LogP contribution in [-0.2, 0) is 4.79 Å². The molecular formula is C17H25N5OS. The van der Waals surface area contributed by atoms with Crippen LogP contribution in [0.5, 0.6) is 0 Å². The normalized spacial score (nSPS) is 35.0. The molecule has 0 saturated heterocycles. The first-order valence-corrected chi connectivity index (χ1v) is 9.67. The van der Waals surface area contributed by atoms with E-state index in [2.05, 4.69) is 15.3 Å². The number of hydrogen-bond acceptors (Lipinski definition) is 6. The molecule has 1 aromatic heterocycles. The summed E-state index contributed by atoms with van der Waals surface area (Å²) < 4.78 is 0. The van der Waals surface area contributed by atoms with E-state index in [1.807, 2.05) is 6.92 Å². The van der Waals surface area contributed by atoms with E-state index in [1.54, 1.807) is 0 Å². The summed E-state index contributed by atoms with van der Waals surface area (Å²) in [4.78, 5) is 21.1. The Morgan fingerprint density at radius 1 is 1.17 bits per heavy atom. The molecule has 4 aliphatic carbocycles. The quantitative estimate of drug-likeness (QED) is 0.569. The number of nitrogens with zero attached hydrogens (tertiary/aromatic N) is 2. The lowest BCUT2D eigenvalue weighted by Crippen LogP contribution is -2.60. The average molecular weight is 347 g/mol. The maximum atomic E-state index is 12.8. The molecule has 1 amide bonds. The lowest BCUT2D eigenvalue weighted by atomic mass is 9.53. The van der Waals surface area contributed by atoms with Gasteiger partial charge in [0.05, 0.1) is 5.25 Å². The number of nitrogens with two attached hydrogens (primary N) is 2. The fourth-order valence-corrected chi connectivity index (χ4v) is 6.15. The molecule has 24 heavy (non-hydrogen) atoms. The average Bonchev–Trinajstić information content (AvgIpc) is 2.43. The Hall–Kier alpha value is -1.50. The largest absolute Gasteiger partial charge is 0.383 e. The number of thioether (sulfide) groups is 1. The molecule has 4 saturated carbocycles. The highest BCUT2D eigenvalue weighted by Crippen LogP contribution is 2.55. The third-order valence-electron chi connectivity index (χ3n) is 5.82. The second-order valence-electron chi connectivity index (χ2n) is 7.95. The van der Waals surface area contributed by atoms with E-state index in [9.17, 15) is 4.79 Å². The molecule has 5 N–H and O–H groups in total. The molecular weight excluding hydrogens is 322 g/mol. The number of hydrogen-bond donors (Lipinski definition) is 3. The van der Waals surface area contributed by atoms with Crippen LogP contribution in [-0.4, -0.2) is 26.7 Å². The molecule has 130 valence electrons. The van der Waals surface area contributed by atoms with Crippen LogP contribution in [0.3, 0.4) is 0 Å². The number of amides is 1. The number of nitrogen functional groups attached to an aromatic ring is 2. The van der Waals surface area contributed by atoms with E-state index in [-0.39, 0.29) is 16.7 Å². The molecule has 0 unspecified atom stereocenters. The molecule has 1 atom stereocenters. The minimum Gasteiger partial charge on any atom is -0.383 e. The number of carbonyl (C=O) groups is 1. The van der Waals surface area contributed by atoms with Gasteiger partial charge in [0.25, 0.3) is 0 Å². The van der Waals surface area contributed by atoms with Gasteiger partial charge in [0.2, 0.25) is 5.91 Å². The smallest absolute Gasteiger partial charge is 0.233 e. The maximum Gasteiger partial charge on any atom is 0.233 e. The highest BCUT2D eigenvalue weighted by molar-refractivity contribution is 8.00. The topological polar surface area (TPSA) is 107 Å². The number of aromatic nitrogens is 2. The van der Waals surface area contributed by atoms with Gasteiger partial charge >= 0.3 is 0 Å². The van der Waals surface area contributed by atoms with Crippen molar-refractivity contribution in [3.63, 3.8) is 0 Å². The zero-order chi connectivity index (χ0) is 16.9. The van der Waals surface area contributed by atoms with Gasteiger partial charge in [-0.3, -0.25) is 4.79 Å². The number of rotatable bonds is 4. The highest BCUT2D eigenvalue weighted by atomic mass is 32.2. The summed E-state index contributed by atoms with van der Waals surface area (Å²) >= 11 is 1.31. The van der Waals surface area contributed by atoms with E-state index < -0.39 is 0 Å². The predicted octanol–water partition coefficient (Wildman–Crippen LogP) is 2.21. The van der Waals surface area contributed by atoms with E-state index in [1.165, 1.54) is 37.1 Å². The standard InChI is InChI=1S/C17H25N5OS/c1-9(24-16-20-13(18)5-14(19)21-16)15(23)22-17-6-10-2-11(7-17)4-12(3-10)8-17/h5,9-12H,2-4,6-8H2,1H3,(H,22,23)(H4,18,19,20,21)/t9-,10?,11?,12?,17?/m0/s1. The lowest BCUT2D eigenvalue weighted by molar-refractivity contribution is -0.126. The number of nitrogens with one attached hydrogen (secondary N) is 1. The zero-order valence-electron chi connectivity index (χ0n) is 14.0. The van der Waals surface area contributed by atoms with Crippen LogP contribution >= 0.6 is 11.8 Å². The molecule has 6 nitrogen and oxygen atoms in total. The van der Waals surface area contributed by atoms with Gasteiger partial charge < -0.3 is 16.8 Å². The minimum atomic E-state index is -0.265. The van der Waals surface area contributed by atoms with Crippen LogP contribution in [0.15, 0.2) is 11.2 Å². The molecule has 1 heterocycles. The molecule has 4 fully saturated rings.